The molecule has 31 heavy (non-hydrogen) atoms. The van der Waals surface area contributed by atoms with Crippen molar-refractivity contribution in [2.24, 2.45) is 5.41 Å². The van der Waals surface area contributed by atoms with Gasteiger partial charge >= 0.3 is 6.18 Å². The highest BCUT2D eigenvalue weighted by Crippen LogP contribution is 2.36. The van der Waals surface area contributed by atoms with Crippen LogP contribution < -0.4 is 10.6 Å². The summed E-state index contributed by atoms with van der Waals surface area (Å²) in [4.78, 5) is 12.7. The van der Waals surface area contributed by atoms with Crippen LogP contribution in [0.25, 0.3) is 0 Å². The Bertz CT molecular complexity index is 944. The number of nitrogens with one attached hydrogen (secondary N) is 2. The van der Waals surface area contributed by atoms with Crippen LogP contribution in [0.3, 0.4) is 0 Å². The van der Waals surface area contributed by atoms with E-state index in [-0.39, 0.29) is 11.3 Å². The molecule has 0 aliphatic heterocycles. The first kappa shape index (κ1) is 25.1. The van der Waals surface area contributed by atoms with Crippen LogP contribution in [-0.4, -0.2) is 43.6 Å². The van der Waals surface area contributed by atoms with Gasteiger partial charge in [0.05, 0.1) is 17.6 Å². The third-order valence-corrected chi connectivity index (χ3v) is 6.76. The number of sulfone groups is 1. The second-order valence-electron chi connectivity index (χ2n) is 9.04. The van der Waals surface area contributed by atoms with Gasteiger partial charge in [0.25, 0.3) is 0 Å². The fourth-order valence-electron chi connectivity index (χ4n) is 3.12. The van der Waals surface area contributed by atoms with Crippen LogP contribution in [0.15, 0.2) is 24.3 Å². The second-order valence-corrected chi connectivity index (χ2v) is 11.2. The van der Waals surface area contributed by atoms with E-state index in [1.54, 1.807) is 20.8 Å². The van der Waals surface area contributed by atoms with E-state index in [0.29, 0.717) is 12.8 Å². The molecule has 2 unspecified atom stereocenters. The van der Waals surface area contributed by atoms with Gasteiger partial charge in [0, 0.05) is 0 Å². The maximum atomic E-state index is 13.8. The summed E-state index contributed by atoms with van der Waals surface area (Å²) in [6.07, 6.45) is -4.23. The Balaban J connectivity index is 2.36. The van der Waals surface area contributed by atoms with Gasteiger partial charge in [0.2, 0.25) is 5.91 Å². The van der Waals surface area contributed by atoms with Crippen LogP contribution in [0.1, 0.15) is 45.2 Å². The molecule has 0 heterocycles. The average molecular weight is 463 g/mol. The SMILES string of the molecule is CC(C)(C)CS(=O)(=O)CC(NC(c1ccc(F)cc1)C(F)(F)F)C(=O)NC1(C#N)CC1. The van der Waals surface area contributed by atoms with Crippen molar-refractivity contribution in [3.05, 3.63) is 35.6 Å². The molecule has 2 rings (SSSR count). The molecular formula is C20H25F4N3O3S. The number of halogens is 4. The monoisotopic (exact) mass is 463 g/mol. The number of benzene rings is 1. The maximum absolute atomic E-state index is 13.8. The molecule has 0 spiro atoms. The van der Waals surface area contributed by atoms with E-state index < -0.39 is 56.5 Å². The van der Waals surface area contributed by atoms with Crippen molar-refractivity contribution < 1.29 is 30.8 Å². The summed E-state index contributed by atoms with van der Waals surface area (Å²) < 4.78 is 79.7. The first-order valence-corrected chi connectivity index (χ1v) is 11.4. The van der Waals surface area contributed by atoms with Gasteiger partial charge in [-0.1, -0.05) is 32.9 Å². The smallest absolute Gasteiger partial charge is 0.336 e. The predicted octanol–water partition coefficient (Wildman–Crippen LogP) is 3.02. The molecule has 0 bridgehead atoms. The number of carbonyl (C=O) groups excluding carboxylic acids is 1. The molecule has 6 nitrogen and oxygen atoms in total. The Morgan fingerprint density at radius 1 is 1.19 bits per heavy atom. The Labute approximate surface area is 178 Å². The summed E-state index contributed by atoms with van der Waals surface area (Å²) in [5.41, 5.74) is -2.24. The lowest BCUT2D eigenvalue weighted by Gasteiger charge is -2.28. The summed E-state index contributed by atoms with van der Waals surface area (Å²) in [6.45, 7) is 4.96. The molecule has 1 saturated carbocycles. The molecule has 1 amide bonds. The van der Waals surface area contributed by atoms with E-state index in [0.717, 1.165) is 24.3 Å². The van der Waals surface area contributed by atoms with Crippen molar-refractivity contribution in [1.82, 2.24) is 10.6 Å². The highest BCUT2D eigenvalue weighted by Gasteiger charge is 2.48. The average Bonchev–Trinajstić information content (AvgIpc) is 3.36. The van der Waals surface area contributed by atoms with Gasteiger partial charge < -0.3 is 5.32 Å². The summed E-state index contributed by atoms with van der Waals surface area (Å²) in [7, 11) is -3.94. The minimum absolute atomic E-state index is 0.331. The summed E-state index contributed by atoms with van der Waals surface area (Å²) in [5.74, 6) is -2.97. The third kappa shape index (κ3) is 7.47. The lowest BCUT2D eigenvalue weighted by molar-refractivity contribution is -0.160. The van der Waals surface area contributed by atoms with Crippen LogP contribution >= 0.6 is 0 Å². The van der Waals surface area contributed by atoms with Crippen LogP contribution in [-0.2, 0) is 14.6 Å². The van der Waals surface area contributed by atoms with E-state index in [9.17, 15) is 30.8 Å². The summed E-state index contributed by atoms with van der Waals surface area (Å²) in [5, 5.41) is 13.6. The van der Waals surface area contributed by atoms with Crippen LogP contribution in [0, 0.1) is 22.6 Å². The zero-order chi connectivity index (χ0) is 23.7. The first-order valence-electron chi connectivity index (χ1n) is 9.58. The molecule has 172 valence electrons. The minimum Gasteiger partial charge on any atom is -0.336 e. The van der Waals surface area contributed by atoms with Crippen molar-refractivity contribution in [3.63, 3.8) is 0 Å². The van der Waals surface area contributed by atoms with Crippen molar-refractivity contribution in [2.45, 2.75) is 57.4 Å². The standard InChI is InChI=1S/C20H25F4N3O3S/c1-18(2,3)12-31(29,30)10-15(17(28)27-19(11-25)8-9-19)26-16(20(22,23)24)13-4-6-14(21)7-5-13/h4-7,15-16,26H,8-10,12H2,1-3H3,(H,27,28). The Morgan fingerprint density at radius 2 is 1.74 bits per heavy atom. The van der Waals surface area contributed by atoms with Crippen molar-refractivity contribution in [2.75, 3.05) is 11.5 Å². The molecule has 0 radical (unpaired) electrons. The van der Waals surface area contributed by atoms with Gasteiger partial charge in [-0.25, -0.2) is 12.8 Å². The number of rotatable bonds is 8. The van der Waals surface area contributed by atoms with Gasteiger partial charge in [-0.2, -0.15) is 18.4 Å². The molecule has 0 saturated heterocycles. The molecule has 1 aromatic rings. The molecule has 2 atom stereocenters. The van der Waals surface area contributed by atoms with E-state index in [2.05, 4.69) is 10.6 Å². The van der Waals surface area contributed by atoms with E-state index in [1.165, 1.54) is 0 Å². The number of nitrogens with zero attached hydrogens (tertiary/aromatic N) is 1. The third-order valence-electron chi connectivity index (χ3n) is 4.62. The number of carbonyl (C=O) groups is 1. The van der Waals surface area contributed by atoms with E-state index >= 15 is 0 Å². The van der Waals surface area contributed by atoms with Crippen LogP contribution in [0.2, 0.25) is 0 Å². The molecular weight excluding hydrogens is 438 g/mol. The number of amides is 1. The maximum Gasteiger partial charge on any atom is 0.407 e. The van der Waals surface area contributed by atoms with Crippen molar-refractivity contribution >= 4 is 15.7 Å². The molecule has 0 aromatic heterocycles. The number of hydrogen-bond donors (Lipinski definition) is 2. The molecule has 2 N–H and O–H groups in total. The van der Waals surface area contributed by atoms with Crippen molar-refractivity contribution in [3.8, 4) is 6.07 Å². The topological polar surface area (TPSA) is 99.1 Å². The number of hydrogen-bond acceptors (Lipinski definition) is 5. The lowest BCUT2D eigenvalue weighted by Crippen LogP contribution is -2.54. The van der Waals surface area contributed by atoms with Gasteiger partial charge in [-0.05, 0) is 36.0 Å². The molecule has 1 aromatic carbocycles. The quantitative estimate of drug-likeness (QED) is 0.578. The zero-order valence-electron chi connectivity index (χ0n) is 17.4. The minimum atomic E-state index is -4.89. The fourth-order valence-corrected chi connectivity index (χ4v) is 5.31. The Kier molecular flexibility index (Phi) is 7.07. The first-order chi connectivity index (χ1) is 14.1. The van der Waals surface area contributed by atoms with Gasteiger partial charge in [-0.3, -0.25) is 10.1 Å². The molecule has 11 heteroatoms. The normalized spacial score (nSPS) is 18.0. The van der Waals surface area contributed by atoms with Gasteiger partial charge in [0.15, 0.2) is 9.84 Å². The lowest BCUT2D eigenvalue weighted by atomic mass is 10.0. The van der Waals surface area contributed by atoms with Gasteiger partial charge in [-0.15, -0.1) is 0 Å². The Hall–Kier alpha value is -2.19. The molecule has 1 aliphatic carbocycles. The highest BCUT2D eigenvalue weighted by atomic mass is 32.2. The Morgan fingerprint density at radius 3 is 2.16 bits per heavy atom. The summed E-state index contributed by atoms with van der Waals surface area (Å²) >= 11 is 0. The second kappa shape index (κ2) is 8.74. The number of alkyl halides is 3. The fraction of sp³-hybridized carbons (Fsp3) is 0.600. The molecule has 1 fully saturated rings. The zero-order valence-corrected chi connectivity index (χ0v) is 18.2. The van der Waals surface area contributed by atoms with Crippen LogP contribution in [0.5, 0.6) is 0 Å². The predicted molar refractivity (Wildman–Crippen MR) is 106 cm³/mol. The van der Waals surface area contributed by atoms with E-state index in [4.69, 9.17) is 5.26 Å². The van der Waals surface area contributed by atoms with Crippen molar-refractivity contribution in [1.29, 1.82) is 5.26 Å². The van der Waals surface area contributed by atoms with E-state index in [1.807, 2.05) is 6.07 Å². The van der Waals surface area contributed by atoms with Crippen LogP contribution in [0.4, 0.5) is 17.6 Å². The number of nitriles is 1. The largest absolute Gasteiger partial charge is 0.407 e. The highest BCUT2D eigenvalue weighted by molar-refractivity contribution is 7.91. The van der Waals surface area contributed by atoms with Gasteiger partial charge in [0.1, 0.15) is 23.4 Å². The summed E-state index contributed by atoms with van der Waals surface area (Å²) in [6, 6.07) is 1.22. The molecule has 1 aliphatic rings.